The van der Waals surface area contributed by atoms with Crippen molar-refractivity contribution >= 4 is 16.8 Å². The SMILES string of the molecule is NC1(c2ccc(-c3oc4ncc([N+](=O)[O-])cc4c3-c3ccccc3)cc2)CCC1. The monoisotopic (exact) mass is 385 g/mol. The Balaban J connectivity index is 1.69. The van der Waals surface area contributed by atoms with Gasteiger partial charge in [-0.05, 0) is 30.4 Å². The van der Waals surface area contributed by atoms with Gasteiger partial charge in [0.05, 0.1) is 10.3 Å². The van der Waals surface area contributed by atoms with Crippen LogP contribution in [0.3, 0.4) is 0 Å². The topological polar surface area (TPSA) is 95.2 Å². The Morgan fingerprint density at radius 1 is 1.03 bits per heavy atom. The summed E-state index contributed by atoms with van der Waals surface area (Å²) in [4.78, 5) is 15.0. The molecule has 29 heavy (non-hydrogen) atoms. The molecule has 4 aromatic rings. The molecular formula is C23H19N3O3. The van der Waals surface area contributed by atoms with Crippen molar-refractivity contribution in [2.45, 2.75) is 24.8 Å². The van der Waals surface area contributed by atoms with Crippen molar-refractivity contribution in [3.8, 4) is 22.5 Å². The van der Waals surface area contributed by atoms with Gasteiger partial charge < -0.3 is 10.2 Å². The second-order valence-corrected chi connectivity index (χ2v) is 7.56. The number of rotatable bonds is 4. The van der Waals surface area contributed by atoms with Gasteiger partial charge in [-0.1, -0.05) is 54.6 Å². The molecule has 5 rings (SSSR count). The molecular weight excluding hydrogens is 366 g/mol. The van der Waals surface area contributed by atoms with Crippen molar-refractivity contribution in [3.63, 3.8) is 0 Å². The van der Waals surface area contributed by atoms with Gasteiger partial charge in [0, 0.05) is 22.7 Å². The number of hydrogen-bond donors (Lipinski definition) is 1. The zero-order valence-corrected chi connectivity index (χ0v) is 15.7. The molecule has 0 radical (unpaired) electrons. The maximum Gasteiger partial charge on any atom is 0.288 e. The molecule has 2 N–H and O–H groups in total. The first kappa shape index (κ1) is 17.6. The quantitative estimate of drug-likeness (QED) is 0.374. The summed E-state index contributed by atoms with van der Waals surface area (Å²) in [6.07, 6.45) is 4.38. The van der Waals surface area contributed by atoms with Gasteiger partial charge in [0.1, 0.15) is 12.0 Å². The number of aromatic nitrogens is 1. The molecule has 0 saturated heterocycles. The molecule has 1 fully saturated rings. The van der Waals surface area contributed by atoms with Gasteiger partial charge in [-0.25, -0.2) is 4.98 Å². The van der Waals surface area contributed by atoms with E-state index in [-0.39, 0.29) is 11.2 Å². The molecule has 1 aliphatic carbocycles. The number of nitrogens with zero attached hydrogens (tertiary/aromatic N) is 2. The number of nitrogens with two attached hydrogens (primary N) is 1. The van der Waals surface area contributed by atoms with Crippen LogP contribution in [0.1, 0.15) is 24.8 Å². The minimum absolute atomic E-state index is 0.0626. The molecule has 6 heteroatoms. The highest BCUT2D eigenvalue weighted by atomic mass is 16.6. The van der Waals surface area contributed by atoms with E-state index in [0.29, 0.717) is 16.9 Å². The largest absolute Gasteiger partial charge is 0.437 e. The summed E-state index contributed by atoms with van der Waals surface area (Å²) in [5.41, 5.74) is 10.3. The summed E-state index contributed by atoms with van der Waals surface area (Å²) in [6.45, 7) is 0. The van der Waals surface area contributed by atoms with Crippen LogP contribution in [0.5, 0.6) is 0 Å². The molecule has 0 unspecified atom stereocenters. The second kappa shape index (κ2) is 6.53. The fraction of sp³-hybridized carbons (Fsp3) is 0.174. The van der Waals surface area contributed by atoms with Crippen LogP contribution in [0.2, 0.25) is 0 Å². The smallest absolute Gasteiger partial charge is 0.288 e. The zero-order chi connectivity index (χ0) is 20.0. The molecule has 2 aromatic carbocycles. The van der Waals surface area contributed by atoms with Crippen LogP contribution in [0.15, 0.2) is 71.3 Å². The highest BCUT2D eigenvalue weighted by molar-refractivity contribution is 6.01. The van der Waals surface area contributed by atoms with Crippen LogP contribution in [-0.2, 0) is 5.54 Å². The first-order valence-electron chi connectivity index (χ1n) is 9.57. The number of pyridine rings is 1. The summed E-state index contributed by atoms with van der Waals surface area (Å²) < 4.78 is 6.08. The standard InChI is InChI=1S/C23H19N3O3/c24-23(11-4-12-23)17-9-7-16(8-10-17)21-20(15-5-2-1-3-6-15)19-13-18(26(27)28)14-25-22(19)29-21/h1-3,5-10,13-14H,4,11-12,24H2. The van der Waals surface area contributed by atoms with Crippen LogP contribution >= 0.6 is 0 Å². The Morgan fingerprint density at radius 3 is 2.38 bits per heavy atom. The predicted molar refractivity (Wildman–Crippen MR) is 111 cm³/mol. The van der Waals surface area contributed by atoms with E-state index in [1.807, 2.05) is 54.6 Å². The first-order valence-corrected chi connectivity index (χ1v) is 9.57. The fourth-order valence-corrected chi connectivity index (χ4v) is 3.97. The molecule has 0 atom stereocenters. The molecule has 144 valence electrons. The average molecular weight is 385 g/mol. The summed E-state index contributed by atoms with van der Waals surface area (Å²) in [6, 6.07) is 19.3. The van der Waals surface area contributed by atoms with E-state index >= 15 is 0 Å². The first-order chi connectivity index (χ1) is 14.0. The van der Waals surface area contributed by atoms with Gasteiger partial charge in [0.25, 0.3) is 5.69 Å². The van der Waals surface area contributed by atoms with Crippen LogP contribution in [0.4, 0.5) is 5.69 Å². The Labute approximate surface area is 167 Å². The predicted octanol–water partition coefficient (Wildman–Crippen LogP) is 5.41. The summed E-state index contributed by atoms with van der Waals surface area (Å²) in [5, 5.41) is 11.9. The molecule has 1 saturated carbocycles. The molecule has 0 spiro atoms. The third kappa shape index (κ3) is 2.89. The summed E-state index contributed by atoms with van der Waals surface area (Å²) in [5.74, 6) is 0.644. The van der Waals surface area contributed by atoms with Crippen molar-refractivity contribution in [2.24, 2.45) is 5.73 Å². The van der Waals surface area contributed by atoms with Crippen molar-refractivity contribution in [3.05, 3.63) is 82.5 Å². The Hall–Kier alpha value is -3.51. The zero-order valence-electron chi connectivity index (χ0n) is 15.7. The summed E-state index contributed by atoms with van der Waals surface area (Å²) >= 11 is 0. The van der Waals surface area contributed by atoms with E-state index in [9.17, 15) is 10.1 Å². The second-order valence-electron chi connectivity index (χ2n) is 7.56. The van der Waals surface area contributed by atoms with Gasteiger partial charge >= 0.3 is 0 Å². The lowest BCUT2D eigenvalue weighted by atomic mass is 9.72. The lowest BCUT2D eigenvalue weighted by molar-refractivity contribution is -0.385. The molecule has 1 aliphatic rings. The van der Waals surface area contributed by atoms with E-state index in [1.165, 1.54) is 12.3 Å². The minimum atomic E-state index is -0.442. The van der Waals surface area contributed by atoms with Crippen molar-refractivity contribution in [2.75, 3.05) is 0 Å². The Bertz CT molecular complexity index is 1210. The third-order valence-corrected chi connectivity index (χ3v) is 5.77. The average Bonchev–Trinajstić information content (AvgIpc) is 3.11. The number of furan rings is 1. The molecule has 2 heterocycles. The van der Waals surface area contributed by atoms with Gasteiger partial charge in [0.15, 0.2) is 0 Å². The Morgan fingerprint density at radius 2 is 1.76 bits per heavy atom. The maximum absolute atomic E-state index is 11.3. The van der Waals surface area contributed by atoms with Crippen LogP contribution in [0.25, 0.3) is 33.6 Å². The van der Waals surface area contributed by atoms with Crippen LogP contribution in [0, 0.1) is 10.1 Å². The van der Waals surface area contributed by atoms with Gasteiger partial charge in [0.2, 0.25) is 5.71 Å². The van der Waals surface area contributed by atoms with Crippen molar-refractivity contribution in [1.29, 1.82) is 0 Å². The van der Waals surface area contributed by atoms with Crippen LogP contribution in [-0.4, -0.2) is 9.91 Å². The lowest BCUT2D eigenvalue weighted by Gasteiger charge is -2.38. The normalized spacial score (nSPS) is 15.2. The van der Waals surface area contributed by atoms with E-state index in [4.69, 9.17) is 10.2 Å². The maximum atomic E-state index is 11.3. The van der Waals surface area contributed by atoms with Gasteiger partial charge in [-0.3, -0.25) is 10.1 Å². The van der Waals surface area contributed by atoms with Gasteiger partial charge in [-0.15, -0.1) is 0 Å². The van der Waals surface area contributed by atoms with Crippen LogP contribution < -0.4 is 5.73 Å². The summed E-state index contributed by atoms with van der Waals surface area (Å²) in [7, 11) is 0. The number of hydrogen-bond acceptors (Lipinski definition) is 5. The molecule has 0 bridgehead atoms. The van der Waals surface area contributed by atoms with E-state index < -0.39 is 4.92 Å². The molecule has 6 nitrogen and oxygen atoms in total. The van der Waals surface area contributed by atoms with E-state index in [1.54, 1.807) is 0 Å². The molecule has 0 aliphatic heterocycles. The minimum Gasteiger partial charge on any atom is -0.437 e. The molecule has 0 amide bonds. The van der Waals surface area contributed by atoms with Gasteiger partial charge in [-0.2, -0.15) is 0 Å². The lowest BCUT2D eigenvalue weighted by Crippen LogP contribution is -2.43. The number of nitro groups is 1. The number of benzene rings is 2. The fourth-order valence-electron chi connectivity index (χ4n) is 3.97. The third-order valence-electron chi connectivity index (χ3n) is 5.77. The van der Waals surface area contributed by atoms with E-state index in [2.05, 4.69) is 4.98 Å². The molecule has 2 aromatic heterocycles. The highest BCUT2D eigenvalue weighted by Crippen LogP contribution is 2.43. The van der Waals surface area contributed by atoms with E-state index in [0.717, 1.165) is 41.5 Å². The number of fused-ring (bicyclic) bond motifs is 1. The Kier molecular flexibility index (Phi) is 3.96. The highest BCUT2D eigenvalue weighted by Gasteiger charge is 2.34. The van der Waals surface area contributed by atoms with Crippen molar-refractivity contribution < 1.29 is 9.34 Å². The van der Waals surface area contributed by atoms with Crippen molar-refractivity contribution in [1.82, 2.24) is 4.98 Å².